The van der Waals surface area contributed by atoms with Crippen LogP contribution in [0.3, 0.4) is 0 Å². The predicted molar refractivity (Wildman–Crippen MR) is 93.0 cm³/mol. The fourth-order valence-electron chi connectivity index (χ4n) is 1.19. The van der Waals surface area contributed by atoms with Crippen molar-refractivity contribution in [1.29, 1.82) is 0 Å². The van der Waals surface area contributed by atoms with Gasteiger partial charge in [0.05, 0.1) is 24.0 Å². The van der Waals surface area contributed by atoms with Crippen LogP contribution < -0.4 is 0 Å². The predicted octanol–water partition coefficient (Wildman–Crippen LogP) is 4.61. The molecule has 23 heavy (non-hydrogen) atoms. The van der Waals surface area contributed by atoms with Crippen LogP contribution in [0.25, 0.3) is 0 Å². The summed E-state index contributed by atoms with van der Waals surface area (Å²) in [5.74, 6) is 0.461. The number of hydrogen-bond donors (Lipinski definition) is 0. The molecule has 0 amide bonds. The van der Waals surface area contributed by atoms with Crippen LogP contribution in [0, 0.1) is 22.2 Å². The van der Waals surface area contributed by atoms with Gasteiger partial charge in [-0.25, -0.2) is 0 Å². The zero-order valence-corrected chi connectivity index (χ0v) is 16.5. The third-order valence-electron chi connectivity index (χ3n) is 3.01. The minimum Gasteiger partial charge on any atom is -0.465 e. The second-order valence-electron chi connectivity index (χ2n) is 9.68. The van der Waals surface area contributed by atoms with Gasteiger partial charge in [0.25, 0.3) is 0 Å². The van der Waals surface area contributed by atoms with E-state index < -0.39 is 0 Å². The Balaban J connectivity index is 0.000000422. The van der Waals surface area contributed by atoms with E-state index >= 15 is 0 Å². The highest BCUT2D eigenvalue weighted by Crippen LogP contribution is 2.29. The topological polar surface area (TPSA) is 52.6 Å². The Hall–Kier alpha value is -1.06. The van der Waals surface area contributed by atoms with Crippen molar-refractivity contribution in [2.45, 2.75) is 75.2 Å². The maximum atomic E-state index is 11.3. The molecular weight excluding hydrogens is 292 g/mol. The van der Waals surface area contributed by atoms with E-state index in [9.17, 15) is 9.59 Å². The summed E-state index contributed by atoms with van der Waals surface area (Å²) >= 11 is 0. The number of esters is 2. The van der Waals surface area contributed by atoms with Crippen molar-refractivity contribution in [2.75, 3.05) is 13.2 Å². The fraction of sp³-hybridized carbons (Fsp3) is 0.895. The third-order valence-corrected chi connectivity index (χ3v) is 3.01. The first-order chi connectivity index (χ1) is 10.1. The summed E-state index contributed by atoms with van der Waals surface area (Å²) in [6.07, 6.45) is 2.47. The molecule has 0 heterocycles. The summed E-state index contributed by atoms with van der Waals surface area (Å²) in [5.41, 5.74) is -0.666. The minimum atomic E-state index is -0.384. The van der Waals surface area contributed by atoms with Gasteiger partial charge in [-0.05, 0) is 65.7 Å². The van der Waals surface area contributed by atoms with Crippen molar-refractivity contribution < 1.29 is 19.1 Å². The molecule has 4 nitrogen and oxygen atoms in total. The molecule has 0 unspecified atom stereocenters. The zero-order chi connectivity index (χ0) is 18.5. The maximum Gasteiger partial charge on any atom is 0.311 e. The molecule has 0 aliphatic heterocycles. The molecule has 1 fully saturated rings. The lowest BCUT2D eigenvalue weighted by atomic mass is 9.96. The average molecular weight is 328 g/mol. The first-order valence-corrected chi connectivity index (χ1v) is 8.47. The van der Waals surface area contributed by atoms with Crippen molar-refractivity contribution in [3.05, 3.63) is 0 Å². The van der Waals surface area contributed by atoms with E-state index in [1.54, 1.807) is 0 Å². The monoisotopic (exact) mass is 328 g/mol. The number of rotatable bonds is 3. The quantitative estimate of drug-likeness (QED) is 0.710. The van der Waals surface area contributed by atoms with Gasteiger partial charge in [-0.3, -0.25) is 9.59 Å². The van der Waals surface area contributed by atoms with Crippen LogP contribution >= 0.6 is 0 Å². The normalized spacial score (nSPS) is 15.3. The molecule has 0 atom stereocenters. The molecule has 0 aromatic carbocycles. The van der Waals surface area contributed by atoms with Gasteiger partial charge >= 0.3 is 11.9 Å². The Morgan fingerprint density at radius 2 is 1.17 bits per heavy atom. The third kappa shape index (κ3) is 12.1. The smallest absolute Gasteiger partial charge is 0.311 e. The van der Waals surface area contributed by atoms with E-state index in [2.05, 4.69) is 0 Å². The largest absolute Gasteiger partial charge is 0.465 e. The fourth-order valence-corrected chi connectivity index (χ4v) is 1.19. The molecule has 1 rings (SSSR count). The van der Waals surface area contributed by atoms with E-state index in [0.717, 1.165) is 0 Å². The van der Waals surface area contributed by atoms with Crippen LogP contribution in [0.5, 0.6) is 0 Å². The molecule has 1 saturated carbocycles. The lowest BCUT2D eigenvalue weighted by molar-refractivity contribution is -0.155. The highest BCUT2D eigenvalue weighted by atomic mass is 16.5. The van der Waals surface area contributed by atoms with E-state index in [-0.39, 0.29) is 28.2 Å². The van der Waals surface area contributed by atoms with Crippen molar-refractivity contribution in [3.63, 3.8) is 0 Å². The van der Waals surface area contributed by atoms with Gasteiger partial charge in [-0.15, -0.1) is 0 Å². The Morgan fingerprint density at radius 1 is 0.783 bits per heavy atom. The highest BCUT2D eigenvalue weighted by Gasteiger charge is 2.27. The lowest BCUT2D eigenvalue weighted by Crippen LogP contribution is -2.27. The number of carbonyl (C=O) groups excluding carboxylic acids is 2. The van der Waals surface area contributed by atoms with Gasteiger partial charge in [0, 0.05) is 0 Å². The molecule has 0 spiro atoms. The number of ether oxygens (including phenoxy) is 2. The summed E-state index contributed by atoms with van der Waals surface area (Å²) in [7, 11) is 0. The molecule has 1 aliphatic rings. The number of carbonyl (C=O) groups is 2. The summed E-state index contributed by atoms with van der Waals surface area (Å²) in [4.78, 5) is 22.5. The molecule has 0 aromatic rings. The first kappa shape index (κ1) is 21.9. The summed E-state index contributed by atoms with van der Waals surface area (Å²) < 4.78 is 10.2. The highest BCUT2D eigenvalue weighted by molar-refractivity contribution is 5.75. The standard InChI is InChI=1S/C10H20O2.C9H16O2/c1-9(2,3)7-12-8(11)10(4,5)6;1-9(2,3)8(10)11-6-7-4-5-7/h7H2,1-6H3;7H,4-6H2,1-3H3. The minimum absolute atomic E-state index is 0.0565. The van der Waals surface area contributed by atoms with E-state index in [1.165, 1.54) is 12.8 Å². The molecule has 4 heteroatoms. The average Bonchev–Trinajstić information content (AvgIpc) is 3.14. The van der Waals surface area contributed by atoms with Crippen LogP contribution in [-0.2, 0) is 19.1 Å². The molecule has 0 bridgehead atoms. The van der Waals surface area contributed by atoms with Crippen LogP contribution in [-0.4, -0.2) is 25.2 Å². The second kappa shape index (κ2) is 8.16. The van der Waals surface area contributed by atoms with Gasteiger partial charge in [0.1, 0.15) is 0 Å². The Morgan fingerprint density at radius 3 is 1.48 bits per heavy atom. The van der Waals surface area contributed by atoms with Crippen molar-refractivity contribution in [2.24, 2.45) is 22.2 Å². The Bertz CT molecular complexity index is 387. The van der Waals surface area contributed by atoms with Gasteiger partial charge < -0.3 is 9.47 Å². The van der Waals surface area contributed by atoms with Crippen molar-refractivity contribution in [3.8, 4) is 0 Å². The molecule has 0 radical (unpaired) electrons. The van der Waals surface area contributed by atoms with Crippen molar-refractivity contribution in [1.82, 2.24) is 0 Å². The Kier molecular flexibility index (Phi) is 7.79. The molecular formula is C19H36O4. The molecule has 136 valence electrons. The molecule has 0 aromatic heterocycles. The van der Waals surface area contributed by atoms with Gasteiger partial charge in [0.2, 0.25) is 0 Å². The van der Waals surface area contributed by atoms with Crippen molar-refractivity contribution >= 4 is 11.9 Å². The molecule has 0 saturated heterocycles. The maximum absolute atomic E-state index is 11.3. The van der Waals surface area contributed by atoms with E-state index in [0.29, 0.717) is 19.1 Å². The Labute approximate surface area is 142 Å². The van der Waals surface area contributed by atoms with Gasteiger partial charge in [-0.2, -0.15) is 0 Å². The molecule has 1 aliphatic carbocycles. The number of hydrogen-bond acceptors (Lipinski definition) is 4. The lowest BCUT2D eigenvalue weighted by Gasteiger charge is -2.22. The molecule has 0 N–H and O–H groups in total. The zero-order valence-electron chi connectivity index (χ0n) is 16.5. The van der Waals surface area contributed by atoms with Gasteiger partial charge in [0.15, 0.2) is 0 Å². The summed E-state index contributed by atoms with van der Waals surface area (Å²) in [6.45, 7) is 18.5. The first-order valence-electron chi connectivity index (χ1n) is 8.47. The van der Waals surface area contributed by atoms with Crippen LogP contribution in [0.4, 0.5) is 0 Å². The van der Waals surface area contributed by atoms with Crippen LogP contribution in [0.15, 0.2) is 0 Å². The van der Waals surface area contributed by atoms with Crippen LogP contribution in [0.2, 0.25) is 0 Å². The van der Waals surface area contributed by atoms with Gasteiger partial charge in [-0.1, -0.05) is 20.8 Å². The van der Waals surface area contributed by atoms with E-state index in [4.69, 9.17) is 9.47 Å². The second-order valence-corrected chi connectivity index (χ2v) is 9.68. The van der Waals surface area contributed by atoms with Crippen LogP contribution in [0.1, 0.15) is 75.2 Å². The summed E-state index contributed by atoms with van der Waals surface area (Å²) in [5, 5.41) is 0. The van der Waals surface area contributed by atoms with E-state index in [1.807, 2.05) is 62.3 Å². The summed E-state index contributed by atoms with van der Waals surface area (Å²) in [6, 6.07) is 0. The SMILES string of the molecule is CC(C)(C)C(=O)OCC1CC1.CC(C)(C)COC(=O)C(C)(C)C.